The molecule has 2 rings (SSSR count). The maximum Gasteiger partial charge on any atom is 0.226 e. The van der Waals surface area contributed by atoms with Gasteiger partial charge in [0.1, 0.15) is 5.75 Å². The summed E-state index contributed by atoms with van der Waals surface area (Å²) < 4.78 is 5.38. The zero-order valence-electron chi connectivity index (χ0n) is 17.5. The Morgan fingerprint density at radius 2 is 1.76 bits per heavy atom. The molecule has 29 heavy (non-hydrogen) atoms. The number of amides is 1. The van der Waals surface area contributed by atoms with E-state index in [1.165, 1.54) is 0 Å². The van der Waals surface area contributed by atoms with E-state index < -0.39 is 0 Å². The summed E-state index contributed by atoms with van der Waals surface area (Å²) in [4.78, 5) is 16.0. The van der Waals surface area contributed by atoms with Gasteiger partial charge in [-0.05, 0) is 35.7 Å². The molecule has 0 radical (unpaired) electrons. The van der Waals surface area contributed by atoms with Crippen molar-refractivity contribution in [1.82, 2.24) is 10.6 Å². The van der Waals surface area contributed by atoms with E-state index in [9.17, 15) is 4.79 Å². The summed E-state index contributed by atoms with van der Waals surface area (Å²) in [6.45, 7) is 5.15. The number of hydrogen-bond acceptors (Lipinski definition) is 3. The third-order valence-corrected chi connectivity index (χ3v) is 4.31. The van der Waals surface area contributed by atoms with Crippen LogP contribution in [0, 0.1) is 5.92 Å². The van der Waals surface area contributed by atoms with E-state index in [2.05, 4.69) is 27.0 Å². The summed E-state index contributed by atoms with van der Waals surface area (Å²) in [7, 11) is 3.44. The molecule has 0 aliphatic carbocycles. The molecule has 0 heterocycles. The van der Waals surface area contributed by atoms with Crippen molar-refractivity contribution in [1.29, 1.82) is 0 Å². The first-order valence-electron chi connectivity index (χ1n) is 9.49. The smallest absolute Gasteiger partial charge is 0.226 e. The molecule has 2 aromatic rings. The van der Waals surface area contributed by atoms with E-state index in [0.717, 1.165) is 41.5 Å². The lowest BCUT2D eigenvalue weighted by atomic mass is 10.1. The van der Waals surface area contributed by atoms with Gasteiger partial charge in [-0.3, -0.25) is 9.79 Å². The Bertz CT molecular complexity index is 792. The number of rotatable bonds is 8. The van der Waals surface area contributed by atoms with Crippen LogP contribution in [0.4, 0.5) is 5.69 Å². The minimum atomic E-state index is -0.0356. The molecule has 7 heteroatoms. The minimum absolute atomic E-state index is 0. The van der Waals surface area contributed by atoms with Crippen LogP contribution < -0.4 is 20.7 Å². The number of ether oxygens (including phenoxy) is 1. The number of halogens is 1. The lowest BCUT2D eigenvalue weighted by Gasteiger charge is -2.13. The molecule has 0 aliphatic heterocycles. The standard InChI is InChI=1S/C22H30N4O2.HI/c1-16(2)21(27)26-19-11-9-17(10-12-19)15-25-22(23-3)24-14-13-18-7-5-6-8-20(18)28-4;/h5-12,16H,13-15H2,1-4H3,(H,26,27)(H2,23,24,25);1H. The normalized spacial score (nSPS) is 10.9. The van der Waals surface area contributed by atoms with Crippen LogP contribution in [-0.4, -0.2) is 32.6 Å². The van der Waals surface area contributed by atoms with Crippen molar-refractivity contribution in [2.24, 2.45) is 10.9 Å². The van der Waals surface area contributed by atoms with Gasteiger partial charge in [0.25, 0.3) is 0 Å². The number of carbonyl (C=O) groups is 1. The third kappa shape index (κ3) is 8.31. The van der Waals surface area contributed by atoms with Gasteiger partial charge in [-0.15, -0.1) is 24.0 Å². The molecular formula is C22H31IN4O2. The van der Waals surface area contributed by atoms with Crippen LogP contribution >= 0.6 is 24.0 Å². The Kier molecular flexibility index (Phi) is 11.1. The van der Waals surface area contributed by atoms with Crippen molar-refractivity contribution in [2.45, 2.75) is 26.8 Å². The second kappa shape index (κ2) is 13.0. The van der Waals surface area contributed by atoms with Crippen LogP contribution in [0.5, 0.6) is 5.75 Å². The zero-order chi connectivity index (χ0) is 20.4. The van der Waals surface area contributed by atoms with Crippen molar-refractivity contribution in [2.75, 3.05) is 26.0 Å². The lowest BCUT2D eigenvalue weighted by molar-refractivity contribution is -0.118. The fraction of sp³-hybridized carbons (Fsp3) is 0.364. The zero-order valence-corrected chi connectivity index (χ0v) is 19.8. The summed E-state index contributed by atoms with van der Waals surface area (Å²) in [5, 5.41) is 9.51. The van der Waals surface area contributed by atoms with Crippen molar-refractivity contribution >= 4 is 41.5 Å². The summed E-state index contributed by atoms with van der Waals surface area (Å²) in [5.74, 6) is 1.63. The first-order valence-corrected chi connectivity index (χ1v) is 9.49. The van der Waals surface area contributed by atoms with E-state index in [4.69, 9.17) is 4.74 Å². The summed E-state index contributed by atoms with van der Waals surface area (Å²) in [5.41, 5.74) is 3.07. The van der Waals surface area contributed by atoms with Crippen LogP contribution in [-0.2, 0) is 17.8 Å². The van der Waals surface area contributed by atoms with Crippen LogP contribution in [0.2, 0.25) is 0 Å². The SMILES string of the molecule is CN=C(NCCc1ccccc1OC)NCc1ccc(NC(=O)C(C)C)cc1.I. The molecule has 0 saturated heterocycles. The van der Waals surface area contributed by atoms with Crippen molar-refractivity contribution in [3.63, 3.8) is 0 Å². The lowest BCUT2D eigenvalue weighted by Crippen LogP contribution is -2.37. The van der Waals surface area contributed by atoms with Gasteiger partial charge in [-0.1, -0.05) is 44.2 Å². The number of anilines is 1. The van der Waals surface area contributed by atoms with Crippen LogP contribution in [0.15, 0.2) is 53.5 Å². The number of hydrogen-bond donors (Lipinski definition) is 3. The van der Waals surface area contributed by atoms with Gasteiger partial charge in [0, 0.05) is 31.7 Å². The second-order valence-corrected chi connectivity index (χ2v) is 6.76. The molecule has 2 aromatic carbocycles. The molecule has 158 valence electrons. The number of carbonyl (C=O) groups excluding carboxylic acids is 1. The second-order valence-electron chi connectivity index (χ2n) is 6.76. The highest BCUT2D eigenvalue weighted by Crippen LogP contribution is 2.17. The molecule has 0 bridgehead atoms. The topological polar surface area (TPSA) is 74.8 Å². The van der Waals surface area contributed by atoms with Gasteiger partial charge < -0.3 is 20.7 Å². The number of aliphatic imine (C=N–C) groups is 1. The Labute approximate surface area is 190 Å². The Morgan fingerprint density at radius 3 is 2.38 bits per heavy atom. The number of nitrogens with one attached hydrogen (secondary N) is 3. The molecule has 3 N–H and O–H groups in total. The maximum absolute atomic E-state index is 11.7. The number of methoxy groups -OCH3 is 1. The van der Waals surface area contributed by atoms with Gasteiger partial charge in [0.2, 0.25) is 5.91 Å². The molecule has 0 spiro atoms. The van der Waals surface area contributed by atoms with Crippen LogP contribution in [0.3, 0.4) is 0 Å². The largest absolute Gasteiger partial charge is 0.496 e. The third-order valence-electron chi connectivity index (χ3n) is 4.31. The van der Waals surface area contributed by atoms with Gasteiger partial charge in [-0.25, -0.2) is 0 Å². The predicted octanol–water partition coefficient (Wildman–Crippen LogP) is 3.82. The van der Waals surface area contributed by atoms with Gasteiger partial charge in [-0.2, -0.15) is 0 Å². The van der Waals surface area contributed by atoms with Gasteiger partial charge in [0.15, 0.2) is 5.96 Å². The van der Waals surface area contributed by atoms with Crippen molar-refractivity contribution in [3.05, 3.63) is 59.7 Å². The molecule has 0 unspecified atom stereocenters. The van der Waals surface area contributed by atoms with E-state index in [0.29, 0.717) is 6.54 Å². The monoisotopic (exact) mass is 510 g/mol. The Hall–Kier alpha value is -2.29. The number of nitrogens with zero attached hydrogens (tertiary/aromatic N) is 1. The fourth-order valence-electron chi connectivity index (χ4n) is 2.62. The maximum atomic E-state index is 11.7. The van der Waals surface area contributed by atoms with Crippen LogP contribution in [0.1, 0.15) is 25.0 Å². The average molecular weight is 510 g/mol. The first-order chi connectivity index (χ1) is 13.5. The van der Waals surface area contributed by atoms with Gasteiger partial charge in [0.05, 0.1) is 7.11 Å². The van der Waals surface area contributed by atoms with E-state index in [1.54, 1.807) is 14.2 Å². The predicted molar refractivity (Wildman–Crippen MR) is 130 cm³/mol. The average Bonchev–Trinajstić information content (AvgIpc) is 2.71. The molecule has 0 aromatic heterocycles. The van der Waals surface area contributed by atoms with Crippen molar-refractivity contribution in [3.8, 4) is 5.75 Å². The quantitative estimate of drug-likeness (QED) is 0.287. The highest BCUT2D eigenvalue weighted by atomic mass is 127. The Morgan fingerprint density at radius 1 is 1.07 bits per heavy atom. The first kappa shape index (κ1) is 24.7. The van der Waals surface area contributed by atoms with E-state index >= 15 is 0 Å². The van der Waals surface area contributed by atoms with E-state index in [-0.39, 0.29) is 35.8 Å². The fourth-order valence-corrected chi connectivity index (χ4v) is 2.62. The summed E-state index contributed by atoms with van der Waals surface area (Å²) in [6, 6.07) is 15.8. The van der Waals surface area contributed by atoms with Gasteiger partial charge >= 0.3 is 0 Å². The number of benzene rings is 2. The molecule has 0 atom stereocenters. The number of para-hydroxylation sites is 1. The summed E-state index contributed by atoms with van der Waals surface area (Å²) >= 11 is 0. The van der Waals surface area contributed by atoms with E-state index in [1.807, 2.05) is 56.3 Å². The number of guanidine groups is 1. The van der Waals surface area contributed by atoms with Crippen molar-refractivity contribution < 1.29 is 9.53 Å². The molecule has 0 saturated carbocycles. The molecular weight excluding hydrogens is 479 g/mol. The molecule has 0 aliphatic rings. The van der Waals surface area contributed by atoms with Crippen LogP contribution in [0.25, 0.3) is 0 Å². The minimum Gasteiger partial charge on any atom is -0.496 e. The Balaban J connectivity index is 0.00000420. The highest BCUT2D eigenvalue weighted by Gasteiger charge is 2.07. The molecule has 1 amide bonds. The highest BCUT2D eigenvalue weighted by molar-refractivity contribution is 14.0. The summed E-state index contributed by atoms with van der Waals surface area (Å²) in [6.07, 6.45) is 0.842. The molecule has 0 fully saturated rings. The molecule has 6 nitrogen and oxygen atoms in total.